The molecule has 0 aromatic rings. The monoisotopic (exact) mass is 346 g/mol. The van der Waals surface area contributed by atoms with Crippen LogP contribution in [-0.4, -0.2) is 25.7 Å². The Morgan fingerprint density at radius 3 is 2.16 bits per heavy atom. The molecule has 0 heterocycles. The van der Waals surface area contributed by atoms with E-state index >= 15 is 0 Å². The fourth-order valence-corrected chi connectivity index (χ4v) is 7.13. The fraction of sp³-hybridized carbons (Fsp3) is 1.00. The van der Waals surface area contributed by atoms with Gasteiger partial charge in [0.25, 0.3) is 0 Å². The Hall–Kier alpha value is -0.0800. The molecule has 0 radical (unpaired) electrons. The van der Waals surface area contributed by atoms with E-state index < -0.39 is 0 Å². The molecular formula is C23H42N2. The maximum atomic E-state index is 3.85. The third kappa shape index (κ3) is 3.20. The summed E-state index contributed by atoms with van der Waals surface area (Å²) in [7, 11) is 0. The van der Waals surface area contributed by atoms with E-state index in [1.165, 1.54) is 51.6 Å². The molecule has 6 saturated carbocycles. The highest BCUT2D eigenvalue weighted by atomic mass is 15.0. The lowest BCUT2D eigenvalue weighted by Gasteiger charge is -2.60. The molecule has 0 aliphatic heterocycles. The van der Waals surface area contributed by atoms with Gasteiger partial charge in [-0.25, -0.2) is 0 Å². The first-order valence-electron chi connectivity index (χ1n) is 11.2. The van der Waals surface area contributed by atoms with Crippen LogP contribution in [0.3, 0.4) is 0 Å². The van der Waals surface area contributed by atoms with Crippen LogP contribution in [0.25, 0.3) is 0 Å². The summed E-state index contributed by atoms with van der Waals surface area (Å²) in [6, 6.07) is 0.607. The normalized spacial score (nSPS) is 44.5. The Morgan fingerprint density at radius 2 is 1.56 bits per heavy atom. The van der Waals surface area contributed by atoms with Gasteiger partial charge in [-0.2, -0.15) is 0 Å². The Morgan fingerprint density at radius 1 is 0.840 bits per heavy atom. The quantitative estimate of drug-likeness (QED) is 0.698. The minimum atomic E-state index is 0.607. The van der Waals surface area contributed by atoms with Crippen LogP contribution in [0.5, 0.6) is 0 Å². The summed E-state index contributed by atoms with van der Waals surface area (Å²) in [4.78, 5) is 0. The minimum absolute atomic E-state index is 0.607. The Kier molecular flexibility index (Phi) is 4.77. The molecule has 0 spiro atoms. The third-order valence-electron chi connectivity index (χ3n) is 9.52. The molecule has 3 unspecified atom stereocenters. The molecule has 2 N–H and O–H groups in total. The van der Waals surface area contributed by atoms with E-state index in [4.69, 9.17) is 0 Å². The van der Waals surface area contributed by atoms with Gasteiger partial charge in [-0.3, -0.25) is 0 Å². The van der Waals surface area contributed by atoms with Crippen LogP contribution < -0.4 is 10.6 Å². The summed E-state index contributed by atoms with van der Waals surface area (Å²) in [5.41, 5.74) is 1.28. The van der Waals surface area contributed by atoms with Crippen molar-refractivity contribution in [3.63, 3.8) is 0 Å². The van der Waals surface area contributed by atoms with Gasteiger partial charge in [-0.1, -0.05) is 27.7 Å². The van der Waals surface area contributed by atoms with Gasteiger partial charge in [-0.15, -0.1) is 0 Å². The van der Waals surface area contributed by atoms with Crippen LogP contribution in [0, 0.1) is 46.3 Å². The fourth-order valence-electron chi connectivity index (χ4n) is 7.13. The van der Waals surface area contributed by atoms with Crippen molar-refractivity contribution in [1.82, 2.24) is 10.6 Å². The van der Waals surface area contributed by atoms with Crippen molar-refractivity contribution >= 4 is 0 Å². The first-order chi connectivity index (χ1) is 11.8. The highest BCUT2D eigenvalue weighted by molar-refractivity contribution is 5.04. The average molecular weight is 347 g/mol. The lowest BCUT2D eigenvalue weighted by atomic mass is 9.45. The summed E-state index contributed by atoms with van der Waals surface area (Å²) < 4.78 is 0. The molecule has 6 aliphatic rings. The van der Waals surface area contributed by atoms with Crippen LogP contribution in [0.1, 0.15) is 73.1 Å². The van der Waals surface area contributed by atoms with E-state index in [0.29, 0.717) is 16.9 Å². The SMILES string of the molecule is CC(CNCC1CC2CC(C1)C2(C)C)NC[C@@H]1CC[C@H]2C[C@@H]1C2(C)C. The van der Waals surface area contributed by atoms with Crippen LogP contribution in [0.4, 0.5) is 0 Å². The van der Waals surface area contributed by atoms with Gasteiger partial charge in [-0.05, 0) is 105 Å². The van der Waals surface area contributed by atoms with Gasteiger partial charge >= 0.3 is 0 Å². The highest BCUT2D eigenvalue weighted by Gasteiger charge is 2.54. The van der Waals surface area contributed by atoms with E-state index in [-0.39, 0.29) is 0 Å². The number of hydrogen-bond donors (Lipinski definition) is 2. The van der Waals surface area contributed by atoms with E-state index in [2.05, 4.69) is 45.3 Å². The second kappa shape index (κ2) is 6.51. The molecule has 6 atom stereocenters. The van der Waals surface area contributed by atoms with Crippen molar-refractivity contribution in [2.24, 2.45) is 46.3 Å². The smallest absolute Gasteiger partial charge is 0.0164 e. The maximum Gasteiger partial charge on any atom is 0.0164 e. The van der Waals surface area contributed by atoms with Crippen molar-refractivity contribution < 1.29 is 0 Å². The topological polar surface area (TPSA) is 24.1 Å². The molecule has 0 saturated heterocycles. The van der Waals surface area contributed by atoms with E-state index in [0.717, 1.165) is 42.1 Å². The van der Waals surface area contributed by atoms with Crippen molar-refractivity contribution in [2.45, 2.75) is 79.2 Å². The summed E-state index contributed by atoms with van der Waals surface area (Å²) in [5.74, 6) is 5.89. The zero-order valence-electron chi connectivity index (χ0n) is 17.4. The van der Waals surface area contributed by atoms with Gasteiger partial charge in [0, 0.05) is 12.6 Å². The molecule has 25 heavy (non-hydrogen) atoms. The van der Waals surface area contributed by atoms with Crippen molar-refractivity contribution in [3.05, 3.63) is 0 Å². The second-order valence-electron chi connectivity index (χ2n) is 11.5. The van der Waals surface area contributed by atoms with E-state index in [9.17, 15) is 0 Å². The second-order valence-corrected chi connectivity index (χ2v) is 11.5. The summed E-state index contributed by atoms with van der Waals surface area (Å²) in [5, 5.41) is 7.64. The van der Waals surface area contributed by atoms with Gasteiger partial charge in [0.2, 0.25) is 0 Å². The predicted molar refractivity (Wildman–Crippen MR) is 107 cm³/mol. The summed E-state index contributed by atoms with van der Waals surface area (Å²) in [6.45, 7) is 16.0. The Labute approximate surface area is 156 Å². The molecule has 0 amide bonds. The number of hydrogen-bond acceptors (Lipinski definition) is 2. The molecule has 0 aromatic carbocycles. The molecule has 6 rings (SSSR count). The molecule has 0 aromatic heterocycles. The van der Waals surface area contributed by atoms with Crippen LogP contribution in [-0.2, 0) is 0 Å². The minimum Gasteiger partial charge on any atom is -0.315 e. The first kappa shape index (κ1) is 18.3. The molecule has 4 bridgehead atoms. The molecular weight excluding hydrogens is 304 g/mol. The van der Waals surface area contributed by atoms with Crippen LogP contribution in [0.15, 0.2) is 0 Å². The lowest BCUT2D eigenvalue weighted by Crippen LogP contribution is -2.55. The molecule has 6 fully saturated rings. The summed E-state index contributed by atoms with van der Waals surface area (Å²) >= 11 is 0. The highest BCUT2D eigenvalue weighted by Crippen LogP contribution is 2.61. The average Bonchev–Trinajstić information content (AvgIpc) is 2.60. The van der Waals surface area contributed by atoms with Crippen LogP contribution >= 0.6 is 0 Å². The van der Waals surface area contributed by atoms with Crippen LogP contribution in [0.2, 0.25) is 0 Å². The van der Waals surface area contributed by atoms with Gasteiger partial charge < -0.3 is 10.6 Å². The van der Waals surface area contributed by atoms with Gasteiger partial charge in [0.05, 0.1) is 0 Å². The van der Waals surface area contributed by atoms with E-state index in [1.54, 1.807) is 0 Å². The largest absolute Gasteiger partial charge is 0.315 e. The Balaban J connectivity index is 1.12. The van der Waals surface area contributed by atoms with Crippen molar-refractivity contribution in [2.75, 3.05) is 19.6 Å². The maximum absolute atomic E-state index is 3.85. The third-order valence-corrected chi connectivity index (χ3v) is 9.52. The van der Waals surface area contributed by atoms with Crippen molar-refractivity contribution in [1.29, 1.82) is 0 Å². The van der Waals surface area contributed by atoms with Gasteiger partial charge in [0.15, 0.2) is 0 Å². The van der Waals surface area contributed by atoms with E-state index in [1.807, 2.05) is 0 Å². The zero-order chi connectivity index (χ0) is 17.8. The van der Waals surface area contributed by atoms with Gasteiger partial charge in [0.1, 0.15) is 0 Å². The number of fused-ring (bicyclic) bond motifs is 4. The molecule has 2 nitrogen and oxygen atoms in total. The number of rotatable bonds is 7. The van der Waals surface area contributed by atoms with Crippen molar-refractivity contribution in [3.8, 4) is 0 Å². The molecule has 2 heteroatoms. The predicted octanol–water partition coefficient (Wildman–Crippen LogP) is 4.70. The molecule has 144 valence electrons. The zero-order valence-corrected chi connectivity index (χ0v) is 17.4. The summed E-state index contributed by atoms with van der Waals surface area (Å²) in [6.07, 6.45) is 8.90. The Bertz CT molecular complexity index is 466. The standard InChI is InChI=1S/C23H42N2/c1-15(25-14-17-6-7-18-11-21(17)23(18,4)5)12-24-13-16-8-19-10-20(9-16)22(19,2)3/h15-21,24-25H,6-14H2,1-5H3/t15?,16?,17-,18-,19?,20?,21-/m0/s1. The first-order valence-corrected chi connectivity index (χ1v) is 11.2. The lowest BCUT2D eigenvalue weighted by molar-refractivity contribution is -0.104. The number of nitrogens with one attached hydrogen (secondary N) is 2. The molecule has 6 aliphatic carbocycles.